The van der Waals surface area contributed by atoms with Crippen molar-refractivity contribution < 1.29 is 17.6 Å². The summed E-state index contributed by atoms with van der Waals surface area (Å²) in [7, 11) is -3.85. The van der Waals surface area contributed by atoms with E-state index in [1.807, 2.05) is 0 Å². The number of halogens is 1. The Balaban J connectivity index is 1.54. The molecule has 7 heteroatoms. The Morgan fingerprint density at radius 3 is 2.36 bits per heavy atom. The summed E-state index contributed by atoms with van der Waals surface area (Å²) in [6, 6.07) is 5.41. The molecule has 1 aromatic rings. The van der Waals surface area contributed by atoms with Gasteiger partial charge in [0.2, 0.25) is 15.9 Å². The van der Waals surface area contributed by atoms with Crippen molar-refractivity contribution in [2.45, 2.75) is 43.4 Å². The Morgan fingerprint density at radius 2 is 1.72 bits per heavy atom. The Labute approximate surface area is 148 Å². The van der Waals surface area contributed by atoms with Crippen molar-refractivity contribution in [2.24, 2.45) is 5.92 Å². The van der Waals surface area contributed by atoms with Gasteiger partial charge in [-0.05, 0) is 24.5 Å². The van der Waals surface area contributed by atoms with E-state index in [1.165, 1.54) is 48.2 Å². The summed E-state index contributed by atoms with van der Waals surface area (Å²) in [5, 5.41) is 0. The molecule has 0 bridgehead atoms. The minimum absolute atomic E-state index is 0.106. The first-order chi connectivity index (χ1) is 12.0. The SMILES string of the molecule is O=C(CCC1CCCC1)N1CCN(S(=O)(=O)c2ccccc2F)CC1. The number of carbonyl (C=O) groups excluding carboxylic acids is 1. The van der Waals surface area contributed by atoms with E-state index in [4.69, 9.17) is 0 Å². The molecule has 1 aliphatic heterocycles. The van der Waals surface area contributed by atoms with Crippen molar-refractivity contribution in [1.29, 1.82) is 0 Å². The molecule has 5 nitrogen and oxygen atoms in total. The summed E-state index contributed by atoms with van der Waals surface area (Å²) in [5.41, 5.74) is 0. The van der Waals surface area contributed by atoms with Gasteiger partial charge >= 0.3 is 0 Å². The van der Waals surface area contributed by atoms with Crippen LogP contribution >= 0.6 is 0 Å². The fourth-order valence-corrected chi connectivity index (χ4v) is 5.24. The number of sulfonamides is 1. The van der Waals surface area contributed by atoms with Gasteiger partial charge in [0.25, 0.3) is 0 Å². The van der Waals surface area contributed by atoms with E-state index in [1.54, 1.807) is 4.90 Å². The lowest BCUT2D eigenvalue weighted by Crippen LogP contribution is -2.50. The van der Waals surface area contributed by atoms with Gasteiger partial charge in [-0.15, -0.1) is 0 Å². The number of carbonyl (C=O) groups is 1. The van der Waals surface area contributed by atoms with Crippen LogP contribution in [0.5, 0.6) is 0 Å². The first-order valence-electron chi connectivity index (χ1n) is 9.01. The first-order valence-corrected chi connectivity index (χ1v) is 10.4. The van der Waals surface area contributed by atoms with Gasteiger partial charge < -0.3 is 4.90 Å². The highest BCUT2D eigenvalue weighted by Gasteiger charge is 2.31. The molecule has 0 unspecified atom stereocenters. The van der Waals surface area contributed by atoms with Crippen LogP contribution in [0, 0.1) is 11.7 Å². The summed E-state index contributed by atoms with van der Waals surface area (Å²) in [6.45, 7) is 1.17. The third-order valence-electron chi connectivity index (χ3n) is 5.29. The lowest BCUT2D eigenvalue weighted by atomic mass is 10.0. The van der Waals surface area contributed by atoms with Crippen molar-refractivity contribution in [3.05, 3.63) is 30.1 Å². The molecular formula is C18H25FN2O3S. The number of benzene rings is 1. The standard InChI is InChI=1S/C18H25FN2O3S/c19-16-7-3-4-8-17(16)25(23,24)21-13-11-20(12-14-21)18(22)10-9-15-5-1-2-6-15/h3-4,7-8,15H,1-2,5-6,9-14H2. The number of nitrogens with zero attached hydrogens (tertiary/aromatic N) is 2. The molecule has 2 aliphatic rings. The van der Waals surface area contributed by atoms with Gasteiger partial charge in [0.15, 0.2) is 0 Å². The zero-order valence-electron chi connectivity index (χ0n) is 14.4. The molecule has 1 amide bonds. The van der Waals surface area contributed by atoms with E-state index in [9.17, 15) is 17.6 Å². The van der Waals surface area contributed by atoms with Gasteiger partial charge in [-0.25, -0.2) is 12.8 Å². The molecule has 1 aliphatic carbocycles. The van der Waals surface area contributed by atoms with Crippen LogP contribution in [0.3, 0.4) is 0 Å². The van der Waals surface area contributed by atoms with E-state index in [0.29, 0.717) is 25.4 Å². The summed E-state index contributed by atoms with van der Waals surface area (Å²) < 4.78 is 40.2. The van der Waals surface area contributed by atoms with Crippen molar-refractivity contribution >= 4 is 15.9 Å². The van der Waals surface area contributed by atoms with E-state index in [0.717, 1.165) is 12.5 Å². The predicted molar refractivity (Wildman–Crippen MR) is 92.9 cm³/mol. The van der Waals surface area contributed by atoms with Crippen molar-refractivity contribution in [2.75, 3.05) is 26.2 Å². The number of piperazine rings is 1. The quantitative estimate of drug-likeness (QED) is 0.803. The second kappa shape index (κ2) is 7.83. The van der Waals surface area contributed by atoms with Crippen LogP contribution in [0.1, 0.15) is 38.5 Å². The topological polar surface area (TPSA) is 57.7 Å². The van der Waals surface area contributed by atoms with Gasteiger partial charge in [-0.1, -0.05) is 37.8 Å². The van der Waals surface area contributed by atoms with Crippen molar-refractivity contribution in [3.63, 3.8) is 0 Å². The molecule has 1 saturated carbocycles. The minimum Gasteiger partial charge on any atom is -0.340 e. The molecule has 0 radical (unpaired) electrons. The molecule has 0 N–H and O–H groups in total. The zero-order valence-corrected chi connectivity index (χ0v) is 15.2. The van der Waals surface area contributed by atoms with Gasteiger partial charge in [0.05, 0.1) is 0 Å². The maximum Gasteiger partial charge on any atom is 0.246 e. The third-order valence-corrected chi connectivity index (χ3v) is 7.22. The van der Waals surface area contributed by atoms with Crippen LogP contribution < -0.4 is 0 Å². The summed E-state index contributed by atoms with van der Waals surface area (Å²) in [6.07, 6.45) is 6.47. The zero-order chi connectivity index (χ0) is 17.9. The normalized spacial score (nSPS) is 20.1. The van der Waals surface area contributed by atoms with E-state index in [-0.39, 0.29) is 23.9 Å². The molecule has 25 heavy (non-hydrogen) atoms. The largest absolute Gasteiger partial charge is 0.340 e. The highest BCUT2D eigenvalue weighted by atomic mass is 32.2. The summed E-state index contributed by atoms with van der Waals surface area (Å²) >= 11 is 0. The van der Waals surface area contributed by atoms with Crippen molar-refractivity contribution in [3.8, 4) is 0 Å². The van der Waals surface area contributed by atoms with Crippen molar-refractivity contribution in [1.82, 2.24) is 9.21 Å². The monoisotopic (exact) mass is 368 g/mol. The van der Waals surface area contributed by atoms with Crippen LogP contribution in [-0.2, 0) is 14.8 Å². The van der Waals surface area contributed by atoms with E-state index >= 15 is 0 Å². The van der Waals surface area contributed by atoms with Gasteiger partial charge in [0, 0.05) is 32.6 Å². The predicted octanol–water partition coefficient (Wildman–Crippen LogP) is 2.63. The highest BCUT2D eigenvalue weighted by molar-refractivity contribution is 7.89. The Hall–Kier alpha value is -1.47. The van der Waals surface area contributed by atoms with E-state index in [2.05, 4.69) is 0 Å². The van der Waals surface area contributed by atoms with Crippen LogP contribution in [0.4, 0.5) is 4.39 Å². The third kappa shape index (κ3) is 4.20. The Kier molecular flexibility index (Phi) is 5.74. The molecular weight excluding hydrogens is 343 g/mol. The van der Waals surface area contributed by atoms with Gasteiger partial charge in [-0.2, -0.15) is 4.31 Å². The molecule has 2 fully saturated rings. The number of amides is 1. The van der Waals surface area contributed by atoms with Gasteiger partial charge in [-0.3, -0.25) is 4.79 Å². The average Bonchev–Trinajstić information content (AvgIpc) is 3.13. The highest BCUT2D eigenvalue weighted by Crippen LogP contribution is 2.29. The Morgan fingerprint density at radius 1 is 1.08 bits per heavy atom. The maximum absolute atomic E-state index is 13.8. The number of rotatable bonds is 5. The number of hydrogen-bond donors (Lipinski definition) is 0. The average molecular weight is 368 g/mol. The van der Waals surface area contributed by atoms with Crippen LogP contribution in [-0.4, -0.2) is 49.7 Å². The maximum atomic E-state index is 13.8. The lowest BCUT2D eigenvalue weighted by molar-refractivity contribution is -0.132. The molecule has 138 valence electrons. The Bertz CT molecular complexity index is 709. The van der Waals surface area contributed by atoms with Crippen LogP contribution in [0.2, 0.25) is 0 Å². The molecule has 1 saturated heterocycles. The van der Waals surface area contributed by atoms with E-state index < -0.39 is 15.8 Å². The fourth-order valence-electron chi connectivity index (χ4n) is 3.76. The molecule has 1 aromatic carbocycles. The van der Waals surface area contributed by atoms with Crippen LogP contribution in [0.15, 0.2) is 29.2 Å². The van der Waals surface area contributed by atoms with Gasteiger partial charge in [0.1, 0.15) is 10.7 Å². The number of hydrogen-bond acceptors (Lipinski definition) is 3. The second-order valence-corrected chi connectivity index (χ2v) is 8.81. The smallest absolute Gasteiger partial charge is 0.246 e. The molecule has 3 rings (SSSR count). The first kappa shape index (κ1) is 18.3. The second-order valence-electron chi connectivity index (χ2n) is 6.90. The molecule has 0 aromatic heterocycles. The molecule has 0 spiro atoms. The minimum atomic E-state index is -3.85. The summed E-state index contributed by atoms with van der Waals surface area (Å²) in [5.74, 6) is 0.0408. The molecule has 0 atom stereocenters. The van der Waals surface area contributed by atoms with Crippen LogP contribution in [0.25, 0.3) is 0 Å². The fraction of sp³-hybridized carbons (Fsp3) is 0.611. The summed E-state index contributed by atoms with van der Waals surface area (Å²) in [4.78, 5) is 13.8. The lowest BCUT2D eigenvalue weighted by Gasteiger charge is -2.34. The molecule has 1 heterocycles.